The fraction of sp³-hybridized carbons (Fsp3) is 0.737. The zero-order valence-corrected chi connectivity index (χ0v) is 17.5. The number of hydrogen-bond donors (Lipinski definition) is 3. The van der Waals surface area contributed by atoms with Gasteiger partial charge < -0.3 is 25.2 Å². The number of carbonyl (C=O) groups excluding carboxylic acids is 1. The van der Waals surface area contributed by atoms with Gasteiger partial charge in [-0.3, -0.25) is 4.99 Å². The molecule has 1 aromatic rings. The average molecular weight is 382 g/mol. The molecule has 0 saturated carbocycles. The van der Waals surface area contributed by atoms with Crippen LogP contribution in [0.4, 0.5) is 4.79 Å². The highest BCUT2D eigenvalue weighted by atomic mass is 16.5. The van der Waals surface area contributed by atoms with Gasteiger partial charge in [0.1, 0.15) is 5.76 Å². The van der Waals surface area contributed by atoms with Gasteiger partial charge in [0, 0.05) is 38.2 Å². The Bertz CT molecular complexity index is 577. The number of aryl methyl sites for hydroxylation is 2. The molecule has 1 rings (SSSR count). The largest absolute Gasteiger partial charge is 0.450 e. The van der Waals surface area contributed by atoms with Crippen molar-refractivity contribution in [3.8, 4) is 0 Å². The summed E-state index contributed by atoms with van der Waals surface area (Å²) in [4.78, 5) is 16.0. The van der Waals surface area contributed by atoms with E-state index in [9.17, 15) is 4.79 Å². The number of aliphatic imine (C=N–C) groups is 1. The summed E-state index contributed by atoms with van der Waals surface area (Å²) in [5.74, 6) is 2.01. The maximum Gasteiger partial charge on any atom is 0.407 e. The van der Waals surface area contributed by atoms with E-state index >= 15 is 0 Å². The van der Waals surface area contributed by atoms with Gasteiger partial charge in [-0.25, -0.2) is 4.79 Å². The average Bonchev–Trinajstić information content (AvgIpc) is 3.03. The molecular weight excluding hydrogens is 346 g/mol. The Morgan fingerprint density at radius 1 is 1.22 bits per heavy atom. The number of rotatable bonds is 10. The zero-order chi connectivity index (χ0) is 20.2. The van der Waals surface area contributed by atoms with E-state index in [1.807, 2.05) is 6.92 Å². The molecule has 0 aromatic carbocycles. The number of amides is 1. The van der Waals surface area contributed by atoms with Crippen LogP contribution in [-0.2, 0) is 24.1 Å². The maximum absolute atomic E-state index is 11.7. The molecule has 27 heavy (non-hydrogen) atoms. The van der Waals surface area contributed by atoms with Gasteiger partial charge in [-0.2, -0.15) is 0 Å². The number of guanidine groups is 1. The van der Waals surface area contributed by atoms with Crippen molar-refractivity contribution < 1.29 is 14.1 Å². The molecule has 3 N–H and O–H groups in total. The Morgan fingerprint density at radius 2 is 1.96 bits per heavy atom. The zero-order valence-electron chi connectivity index (χ0n) is 17.5. The molecule has 0 bridgehead atoms. The topological polar surface area (TPSA) is 101 Å². The van der Waals surface area contributed by atoms with Crippen LogP contribution in [0.5, 0.6) is 0 Å². The van der Waals surface area contributed by atoms with Crippen LogP contribution in [0, 0.1) is 5.92 Å². The second-order valence-corrected chi connectivity index (χ2v) is 6.74. The molecule has 0 spiro atoms. The van der Waals surface area contributed by atoms with Crippen molar-refractivity contribution in [2.45, 2.75) is 66.5 Å². The van der Waals surface area contributed by atoms with Gasteiger partial charge in [-0.05, 0) is 25.7 Å². The van der Waals surface area contributed by atoms with Crippen LogP contribution in [0.25, 0.3) is 0 Å². The number of alkyl carbamates (subject to hydrolysis) is 1. The Labute approximate surface area is 162 Å². The number of ether oxygens (including phenoxy) is 1. The summed E-state index contributed by atoms with van der Waals surface area (Å²) in [6, 6.07) is -0.0457. The van der Waals surface area contributed by atoms with Crippen molar-refractivity contribution in [3.63, 3.8) is 0 Å². The molecule has 8 nitrogen and oxygen atoms in total. The van der Waals surface area contributed by atoms with E-state index in [1.54, 1.807) is 14.0 Å². The molecule has 0 fully saturated rings. The van der Waals surface area contributed by atoms with E-state index in [-0.39, 0.29) is 6.04 Å². The summed E-state index contributed by atoms with van der Waals surface area (Å²) in [6.45, 7) is 11.7. The maximum atomic E-state index is 11.7. The highest BCUT2D eigenvalue weighted by Gasteiger charge is 2.16. The predicted molar refractivity (Wildman–Crippen MR) is 107 cm³/mol. The first-order chi connectivity index (χ1) is 12.9. The molecule has 0 aliphatic heterocycles. The molecule has 0 saturated heterocycles. The summed E-state index contributed by atoms with van der Waals surface area (Å²) < 4.78 is 10.4. The Morgan fingerprint density at radius 3 is 2.52 bits per heavy atom. The number of aromatic nitrogens is 1. The van der Waals surface area contributed by atoms with E-state index in [1.165, 1.54) is 0 Å². The van der Waals surface area contributed by atoms with E-state index in [2.05, 4.69) is 46.9 Å². The predicted octanol–water partition coefficient (Wildman–Crippen LogP) is 2.63. The third-order valence-electron chi connectivity index (χ3n) is 4.13. The first kappa shape index (κ1) is 22.8. The Kier molecular flexibility index (Phi) is 10.3. The lowest BCUT2D eigenvalue weighted by Gasteiger charge is -2.22. The summed E-state index contributed by atoms with van der Waals surface area (Å²) in [7, 11) is 1.72. The lowest BCUT2D eigenvalue weighted by molar-refractivity contribution is 0.146. The van der Waals surface area contributed by atoms with Crippen LogP contribution in [0.2, 0.25) is 0 Å². The molecule has 1 atom stereocenters. The number of hydrogen-bond acceptors (Lipinski definition) is 5. The van der Waals surface area contributed by atoms with Crippen LogP contribution in [0.15, 0.2) is 9.52 Å². The molecule has 154 valence electrons. The first-order valence-corrected chi connectivity index (χ1v) is 9.79. The summed E-state index contributed by atoms with van der Waals surface area (Å²) in [5.41, 5.74) is 2.06. The highest BCUT2D eigenvalue weighted by molar-refractivity contribution is 5.79. The molecule has 1 aromatic heterocycles. The second kappa shape index (κ2) is 12.2. The minimum atomic E-state index is -0.391. The molecular formula is C19H35N5O3. The normalized spacial score (nSPS) is 12.8. The van der Waals surface area contributed by atoms with Crippen molar-refractivity contribution in [1.82, 2.24) is 21.1 Å². The van der Waals surface area contributed by atoms with Gasteiger partial charge >= 0.3 is 6.09 Å². The molecule has 1 heterocycles. The minimum Gasteiger partial charge on any atom is -0.450 e. The van der Waals surface area contributed by atoms with Crippen LogP contribution in [0.3, 0.4) is 0 Å². The Hall–Kier alpha value is -2.25. The van der Waals surface area contributed by atoms with E-state index in [4.69, 9.17) is 9.26 Å². The van der Waals surface area contributed by atoms with Crippen molar-refractivity contribution >= 4 is 12.1 Å². The molecule has 0 aliphatic rings. The first-order valence-electron chi connectivity index (χ1n) is 9.79. The summed E-state index contributed by atoms with van der Waals surface area (Å²) >= 11 is 0. The summed E-state index contributed by atoms with van der Waals surface area (Å²) in [5, 5.41) is 13.6. The van der Waals surface area contributed by atoms with Crippen molar-refractivity contribution in [1.29, 1.82) is 0 Å². The Balaban J connectivity index is 2.63. The van der Waals surface area contributed by atoms with Crippen molar-refractivity contribution in [2.24, 2.45) is 10.9 Å². The molecule has 0 radical (unpaired) electrons. The fourth-order valence-corrected chi connectivity index (χ4v) is 2.85. The van der Waals surface area contributed by atoms with Gasteiger partial charge in [-0.15, -0.1) is 0 Å². The number of carbonyl (C=O) groups is 1. The summed E-state index contributed by atoms with van der Waals surface area (Å²) in [6.07, 6.45) is 2.08. The fourth-order valence-electron chi connectivity index (χ4n) is 2.85. The molecule has 1 unspecified atom stereocenters. The minimum absolute atomic E-state index is 0.0457. The number of nitrogens with one attached hydrogen (secondary N) is 3. The van der Waals surface area contributed by atoms with Crippen LogP contribution < -0.4 is 16.0 Å². The quantitative estimate of drug-likeness (QED) is 0.425. The van der Waals surface area contributed by atoms with Gasteiger partial charge in [-0.1, -0.05) is 32.9 Å². The van der Waals surface area contributed by atoms with Crippen LogP contribution >= 0.6 is 0 Å². The van der Waals surface area contributed by atoms with Gasteiger partial charge in [0.2, 0.25) is 0 Å². The van der Waals surface area contributed by atoms with Gasteiger partial charge in [0.15, 0.2) is 5.96 Å². The SMILES string of the molecule is CCOC(=O)NC(CNC(=NC)NCc1c(CC)noc1CC)CC(C)C. The monoisotopic (exact) mass is 381 g/mol. The third-order valence-corrected chi connectivity index (χ3v) is 4.13. The standard InChI is InChI=1S/C19H35N5O3/c1-7-16-15(17(8-2)27-24-16)12-22-18(20-6)21-11-14(10-13(4)5)23-19(25)26-9-3/h13-14H,7-12H2,1-6H3,(H,23,25)(H2,20,21,22). The molecule has 1 amide bonds. The van der Waals surface area contributed by atoms with Gasteiger partial charge in [0.25, 0.3) is 0 Å². The van der Waals surface area contributed by atoms with E-state index < -0.39 is 6.09 Å². The third kappa shape index (κ3) is 7.88. The lowest BCUT2D eigenvalue weighted by Crippen LogP contribution is -2.47. The highest BCUT2D eigenvalue weighted by Crippen LogP contribution is 2.15. The van der Waals surface area contributed by atoms with E-state index in [0.29, 0.717) is 31.6 Å². The molecule has 0 aliphatic carbocycles. The lowest BCUT2D eigenvalue weighted by atomic mass is 10.0. The van der Waals surface area contributed by atoms with Crippen molar-refractivity contribution in [2.75, 3.05) is 20.2 Å². The van der Waals surface area contributed by atoms with Gasteiger partial charge in [0.05, 0.1) is 12.3 Å². The smallest absolute Gasteiger partial charge is 0.407 e. The van der Waals surface area contributed by atoms with E-state index in [0.717, 1.165) is 36.3 Å². The number of nitrogens with zero attached hydrogens (tertiary/aromatic N) is 2. The van der Waals surface area contributed by atoms with Crippen molar-refractivity contribution in [3.05, 3.63) is 17.0 Å². The van der Waals surface area contributed by atoms with Crippen LogP contribution in [-0.4, -0.2) is 43.5 Å². The van der Waals surface area contributed by atoms with Crippen LogP contribution in [0.1, 0.15) is 58.1 Å². The second-order valence-electron chi connectivity index (χ2n) is 6.74. The molecule has 8 heteroatoms.